The molecule has 1 aromatic rings. The van der Waals surface area contributed by atoms with Gasteiger partial charge in [-0.05, 0) is 79.3 Å². The number of likely N-dealkylation sites (N-methyl/N-ethyl adjacent to an activating group) is 1. The Bertz CT molecular complexity index is 1500. The van der Waals surface area contributed by atoms with E-state index in [1.165, 1.54) is 21.0 Å². The van der Waals surface area contributed by atoms with Crippen LogP contribution in [-0.4, -0.2) is 110 Å². The second-order valence-electron chi connectivity index (χ2n) is 15.6. The Labute approximate surface area is 307 Å². The number of rotatable bonds is 7. The third-order valence-electron chi connectivity index (χ3n) is 11.4. The molecule has 0 aliphatic carbocycles. The Balaban J connectivity index is 1.82. The zero-order chi connectivity index (χ0) is 38.9. The summed E-state index contributed by atoms with van der Waals surface area (Å²) in [5.74, 6) is -4.85. The van der Waals surface area contributed by atoms with Crippen LogP contribution in [0.1, 0.15) is 91.9 Å². The lowest BCUT2D eigenvalue weighted by Gasteiger charge is -2.50. The number of cyclic esters (lactones) is 1. The Morgan fingerprint density at radius 2 is 1.73 bits per heavy atom. The first-order chi connectivity index (χ1) is 24.3. The van der Waals surface area contributed by atoms with Gasteiger partial charge in [0, 0.05) is 37.4 Å². The molecule has 3 heterocycles. The molecule has 13 nitrogen and oxygen atoms in total. The summed E-state index contributed by atoms with van der Waals surface area (Å²) >= 11 is 0. The minimum Gasteiger partial charge on any atom is -0.479 e. The molecule has 1 unspecified atom stereocenters. The molecule has 2 fully saturated rings. The standard InChI is InChI=1S/C39H58N2O11/c1-13-30-39(9)34(40-27-17-26(19-42)14-15-29(27)52-39)22(4)31(44)20(2)18-38(8,47-12)35(23(5)32(45)24(6)36(46)50-30)51-37-33(49-25(7)43)28(41(10)11)16-21(3)48-37/h14-15,17,19-24,28,30,33-35,37,40H,13,16,18H2,1-12H3/t20-,21-,22+,23+,24-,28+,30?,33-,34-,35-,37+,38-,39-/m1/s1. The molecule has 1 N–H and O–H groups in total. The summed E-state index contributed by atoms with van der Waals surface area (Å²) < 4.78 is 37.8. The maximum Gasteiger partial charge on any atom is 0.316 e. The fourth-order valence-electron chi connectivity index (χ4n) is 8.36. The van der Waals surface area contributed by atoms with Gasteiger partial charge in [0.25, 0.3) is 0 Å². The minimum absolute atomic E-state index is 0.122. The number of fused-ring (bicyclic) bond motifs is 2. The smallest absolute Gasteiger partial charge is 0.316 e. The average molecular weight is 731 g/mol. The molecule has 0 bridgehead atoms. The van der Waals surface area contributed by atoms with Crippen LogP contribution in [0.4, 0.5) is 5.69 Å². The van der Waals surface area contributed by atoms with Crippen LogP contribution < -0.4 is 10.1 Å². The van der Waals surface area contributed by atoms with Crippen molar-refractivity contribution in [1.82, 2.24) is 4.90 Å². The number of ketones is 2. The number of hydrogen-bond acceptors (Lipinski definition) is 13. The maximum absolute atomic E-state index is 14.5. The number of methoxy groups -OCH3 is 1. The van der Waals surface area contributed by atoms with Crippen molar-refractivity contribution in [3.8, 4) is 5.75 Å². The van der Waals surface area contributed by atoms with Gasteiger partial charge in [-0.25, -0.2) is 0 Å². The van der Waals surface area contributed by atoms with E-state index in [1.807, 2.05) is 46.7 Å². The second kappa shape index (κ2) is 16.3. The highest BCUT2D eigenvalue weighted by Crippen LogP contribution is 2.44. The molecule has 13 atom stereocenters. The van der Waals surface area contributed by atoms with Gasteiger partial charge >= 0.3 is 11.9 Å². The lowest BCUT2D eigenvalue weighted by molar-refractivity contribution is -0.298. The quantitative estimate of drug-likeness (QED) is 0.236. The summed E-state index contributed by atoms with van der Waals surface area (Å²) in [7, 11) is 5.25. The average Bonchev–Trinajstić information content (AvgIpc) is 3.10. The first-order valence-electron chi connectivity index (χ1n) is 18.3. The number of benzene rings is 1. The van der Waals surface area contributed by atoms with E-state index in [2.05, 4.69) is 5.32 Å². The SMILES string of the molecule is CCC1OC(=O)[C@H](C)C(=O)[C@H](C)[C@@H](O[C@@H]2O[C@H](C)C[C@H](N(C)C)[C@H]2OC(C)=O)[C@](C)(OC)C[C@@H](C)C(=O)[C@H](C)[C@H]2Nc3cc(C=O)ccc3O[C@]12C. The molecule has 1 aromatic carbocycles. The van der Waals surface area contributed by atoms with Crippen LogP contribution in [0.5, 0.6) is 5.75 Å². The summed E-state index contributed by atoms with van der Waals surface area (Å²) in [6.45, 7) is 15.4. The molecule has 0 aromatic heterocycles. The van der Waals surface area contributed by atoms with E-state index in [9.17, 15) is 24.0 Å². The van der Waals surface area contributed by atoms with Gasteiger partial charge in [-0.1, -0.05) is 27.7 Å². The van der Waals surface area contributed by atoms with Gasteiger partial charge < -0.3 is 38.6 Å². The van der Waals surface area contributed by atoms with Crippen molar-refractivity contribution in [2.75, 3.05) is 26.5 Å². The van der Waals surface area contributed by atoms with Crippen LogP contribution in [0.15, 0.2) is 18.2 Å². The summed E-state index contributed by atoms with van der Waals surface area (Å²) in [6, 6.07) is 4.00. The van der Waals surface area contributed by atoms with Crippen LogP contribution in [0, 0.1) is 23.7 Å². The molecule has 3 aliphatic rings. The number of nitrogens with one attached hydrogen (secondary N) is 1. The molecule has 52 heavy (non-hydrogen) atoms. The highest BCUT2D eigenvalue weighted by Gasteiger charge is 2.55. The molecule has 4 rings (SSSR count). The van der Waals surface area contributed by atoms with Crippen LogP contribution in [0.25, 0.3) is 0 Å². The van der Waals surface area contributed by atoms with E-state index in [0.29, 0.717) is 29.8 Å². The highest BCUT2D eigenvalue weighted by atomic mass is 16.7. The molecule has 13 heteroatoms. The fraction of sp³-hybridized carbons (Fsp3) is 0.718. The molecule has 2 saturated heterocycles. The molecular weight excluding hydrogens is 672 g/mol. The molecule has 3 aliphatic heterocycles. The summed E-state index contributed by atoms with van der Waals surface area (Å²) in [4.78, 5) is 68.7. The monoisotopic (exact) mass is 730 g/mol. The first-order valence-corrected chi connectivity index (χ1v) is 18.3. The van der Waals surface area contributed by atoms with Gasteiger partial charge in [0.15, 0.2) is 23.8 Å². The third kappa shape index (κ3) is 8.22. The van der Waals surface area contributed by atoms with Crippen molar-refractivity contribution in [1.29, 1.82) is 0 Å². The van der Waals surface area contributed by atoms with E-state index in [-0.39, 0.29) is 24.3 Å². The van der Waals surface area contributed by atoms with Crippen LogP contribution in [0.2, 0.25) is 0 Å². The van der Waals surface area contributed by atoms with E-state index in [1.54, 1.807) is 39.0 Å². The molecule has 290 valence electrons. The lowest BCUT2D eigenvalue weighted by Crippen LogP contribution is -2.64. The third-order valence-corrected chi connectivity index (χ3v) is 11.4. The highest BCUT2D eigenvalue weighted by molar-refractivity contribution is 6.00. The maximum atomic E-state index is 14.5. The number of anilines is 1. The summed E-state index contributed by atoms with van der Waals surface area (Å²) in [5.41, 5.74) is -1.55. The second-order valence-corrected chi connectivity index (χ2v) is 15.6. The van der Waals surface area contributed by atoms with E-state index >= 15 is 0 Å². The van der Waals surface area contributed by atoms with Crippen molar-refractivity contribution in [3.05, 3.63) is 23.8 Å². The predicted molar refractivity (Wildman–Crippen MR) is 192 cm³/mol. The largest absolute Gasteiger partial charge is 0.479 e. The first kappa shape index (κ1) is 41.4. The number of esters is 2. The topological polar surface area (TPSA) is 156 Å². The molecule has 0 amide bonds. The Kier molecular flexibility index (Phi) is 13.0. The zero-order valence-corrected chi connectivity index (χ0v) is 32.7. The Hall–Kier alpha value is -3.39. The van der Waals surface area contributed by atoms with Crippen molar-refractivity contribution >= 4 is 35.5 Å². The zero-order valence-electron chi connectivity index (χ0n) is 32.7. The minimum atomic E-state index is -1.27. The number of ether oxygens (including phenoxy) is 6. The van der Waals surface area contributed by atoms with E-state index in [4.69, 9.17) is 28.4 Å². The molecule has 0 radical (unpaired) electrons. The number of carbonyl (C=O) groups excluding carboxylic acids is 5. The summed E-state index contributed by atoms with van der Waals surface area (Å²) in [5, 5.41) is 3.46. The van der Waals surface area contributed by atoms with Crippen molar-refractivity contribution < 1.29 is 52.4 Å². The van der Waals surface area contributed by atoms with Gasteiger partial charge in [-0.15, -0.1) is 0 Å². The molecular formula is C39H58N2O11. The van der Waals surface area contributed by atoms with Crippen molar-refractivity contribution in [2.45, 2.75) is 136 Å². The molecule has 0 saturated carbocycles. The Morgan fingerprint density at radius 3 is 2.31 bits per heavy atom. The number of aldehydes is 1. The normalized spacial score (nSPS) is 38.9. The fourth-order valence-corrected chi connectivity index (χ4v) is 8.36. The predicted octanol–water partition coefficient (Wildman–Crippen LogP) is 4.63. The van der Waals surface area contributed by atoms with Crippen LogP contribution >= 0.6 is 0 Å². The number of Topliss-reactive ketones (excluding diaryl/α,β-unsaturated/α-hetero) is 2. The summed E-state index contributed by atoms with van der Waals surface area (Å²) in [6.07, 6.45) is -2.38. The van der Waals surface area contributed by atoms with Gasteiger partial charge in [-0.3, -0.25) is 24.0 Å². The van der Waals surface area contributed by atoms with Crippen molar-refractivity contribution in [2.24, 2.45) is 23.7 Å². The van der Waals surface area contributed by atoms with Crippen LogP contribution in [0.3, 0.4) is 0 Å². The number of nitrogens with zero attached hydrogens (tertiary/aromatic N) is 1. The number of hydrogen-bond donors (Lipinski definition) is 1. The van der Waals surface area contributed by atoms with Gasteiger partial charge in [0.05, 0.1) is 35.6 Å². The van der Waals surface area contributed by atoms with Gasteiger partial charge in [0.1, 0.15) is 29.8 Å². The van der Waals surface area contributed by atoms with Gasteiger partial charge in [-0.2, -0.15) is 0 Å². The van der Waals surface area contributed by atoms with Crippen LogP contribution in [-0.2, 0) is 42.9 Å². The lowest BCUT2D eigenvalue weighted by atomic mass is 9.72. The Morgan fingerprint density at radius 1 is 1.06 bits per heavy atom. The number of carbonyl (C=O) groups is 5. The van der Waals surface area contributed by atoms with Crippen molar-refractivity contribution in [3.63, 3.8) is 0 Å². The van der Waals surface area contributed by atoms with Gasteiger partial charge in [0.2, 0.25) is 0 Å². The van der Waals surface area contributed by atoms with E-state index in [0.717, 1.165) is 6.29 Å². The molecule has 0 spiro atoms. The van der Waals surface area contributed by atoms with E-state index < -0.39 is 83.2 Å².